The van der Waals surface area contributed by atoms with Crippen LogP contribution >= 0.6 is 0 Å². The molecule has 1 N–H and O–H groups in total. The van der Waals surface area contributed by atoms with E-state index in [1.807, 2.05) is 30.3 Å². The van der Waals surface area contributed by atoms with E-state index in [4.69, 9.17) is 4.74 Å². The predicted octanol–water partition coefficient (Wildman–Crippen LogP) is 3.73. The summed E-state index contributed by atoms with van der Waals surface area (Å²) in [7, 11) is 0. The Kier molecular flexibility index (Phi) is 5.04. The second-order valence-electron chi connectivity index (χ2n) is 6.89. The molecule has 1 unspecified atom stereocenters. The summed E-state index contributed by atoms with van der Waals surface area (Å²) < 4.78 is 5.41. The zero-order chi connectivity index (χ0) is 15.5. The van der Waals surface area contributed by atoms with Crippen molar-refractivity contribution in [1.29, 1.82) is 0 Å². The quantitative estimate of drug-likeness (QED) is 0.860. The first-order chi connectivity index (χ1) is 9.92. The van der Waals surface area contributed by atoms with Crippen LogP contribution in [0.4, 0.5) is 0 Å². The van der Waals surface area contributed by atoms with Crippen LogP contribution in [0.15, 0.2) is 30.3 Å². The third-order valence-electron chi connectivity index (χ3n) is 4.71. The van der Waals surface area contributed by atoms with Crippen LogP contribution in [-0.2, 0) is 9.53 Å². The first-order valence-corrected chi connectivity index (χ1v) is 7.81. The average molecular weight is 290 g/mol. The van der Waals surface area contributed by atoms with Crippen molar-refractivity contribution in [3.63, 3.8) is 0 Å². The highest BCUT2D eigenvalue weighted by molar-refractivity contribution is 5.74. The number of hydrogen-bond donors (Lipinski definition) is 1. The minimum atomic E-state index is -0.753. The van der Waals surface area contributed by atoms with Crippen LogP contribution in [0.1, 0.15) is 51.7 Å². The zero-order valence-electron chi connectivity index (χ0n) is 13.2. The van der Waals surface area contributed by atoms with E-state index in [1.54, 1.807) is 0 Å². The maximum absolute atomic E-state index is 12.4. The topological polar surface area (TPSA) is 46.5 Å². The molecule has 0 bridgehead atoms. The largest absolute Gasteiger partial charge is 0.462 e. The van der Waals surface area contributed by atoms with E-state index in [1.165, 1.54) is 6.42 Å². The summed E-state index contributed by atoms with van der Waals surface area (Å²) in [6.45, 7) is 6.44. The molecule has 0 radical (unpaired) electrons. The minimum Gasteiger partial charge on any atom is -0.462 e. The van der Waals surface area contributed by atoms with Crippen LogP contribution in [0.25, 0.3) is 0 Å². The molecule has 2 rings (SSSR count). The van der Waals surface area contributed by atoms with Gasteiger partial charge in [0.1, 0.15) is 12.7 Å². The molecule has 116 valence electrons. The van der Waals surface area contributed by atoms with Gasteiger partial charge in [0.15, 0.2) is 0 Å². The van der Waals surface area contributed by atoms with Crippen LogP contribution < -0.4 is 0 Å². The van der Waals surface area contributed by atoms with Gasteiger partial charge in [-0.15, -0.1) is 0 Å². The lowest BCUT2D eigenvalue weighted by Crippen LogP contribution is -2.40. The second kappa shape index (κ2) is 6.61. The Balaban J connectivity index is 1.95. The third-order valence-corrected chi connectivity index (χ3v) is 4.71. The van der Waals surface area contributed by atoms with Gasteiger partial charge < -0.3 is 9.84 Å². The molecular weight excluding hydrogens is 264 g/mol. The van der Waals surface area contributed by atoms with Gasteiger partial charge >= 0.3 is 5.97 Å². The lowest BCUT2D eigenvalue weighted by atomic mass is 9.64. The number of hydrogen-bond acceptors (Lipinski definition) is 3. The molecule has 0 aromatic heterocycles. The summed E-state index contributed by atoms with van der Waals surface area (Å²) >= 11 is 0. The van der Waals surface area contributed by atoms with E-state index < -0.39 is 6.10 Å². The summed E-state index contributed by atoms with van der Waals surface area (Å²) in [6, 6.07) is 9.31. The van der Waals surface area contributed by atoms with Crippen molar-refractivity contribution in [3.8, 4) is 0 Å². The van der Waals surface area contributed by atoms with Crippen LogP contribution in [0.3, 0.4) is 0 Å². The van der Waals surface area contributed by atoms with Crippen molar-refractivity contribution in [2.24, 2.45) is 17.3 Å². The first kappa shape index (κ1) is 16.0. The van der Waals surface area contributed by atoms with Crippen LogP contribution in [0, 0.1) is 17.3 Å². The maximum atomic E-state index is 12.4. The standard InChI is InChI=1S/C18H26O3/c1-13-8-7-11-18(2,3)16(13)17(20)21-12-15(19)14-9-5-4-6-10-14/h4-6,9-10,13,15-16,19H,7-8,11-12H2,1-3H3/t13-,15-,16?/m0/s1. The number of rotatable bonds is 4. The minimum absolute atomic E-state index is 0.0214. The fourth-order valence-electron chi connectivity index (χ4n) is 3.55. The molecule has 1 aromatic carbocycles. The summed E-state index contributed by atoms with van der Waals surface area (Å²) in [5.41, 5.74) is 0.758. The van der Waals surface area contributed by atoms with Crippen molar-refractivity contribution >= 4 is 5.97 Å². The van der Waals surface area contributed by atoms with Gasteiger partial charge in [-0.3, -0.25) is 4.79 Å². The Morgan fingerprint density at radius 3 is 2.67 bits per heavy atom. The molecule has 0 amide bonds. The second-order valence-corrected chi connectivity index (χ2v) is 6.89. The van der Waals surface area contributed by atoms with Gasteiger partial charge in [0, 0.05) is 0 Å². The fraction of sp³-hybridized carbons (Fsp3) is 0.611. The van der Waals surface area contributed by atoms with Crippen molar-refractivity contribution < 1.29 is 14.6 Å². The molecule has 0 saturated heterocycles. The normalized spacial score (nSPS) is 26.1. The lowest BCUT2D eigenvalue weighted by Gasteiger charge is -2.41. The van der Waals surface area contributed by atoms with Gasteiger partial charge in [-0.05, 0) is 29.7 Å². The molecule has 3 nitrogen and oxygen atoms in total. The Morgan fingerprint density at radius 1 is 1.38 bits per heavy atom. The molecule has 3 atom stereocenters. The van der Waals surface area contributed by atoms with Crippen LogP contribution in [0.2, 0.25) is 0 Å². The van der Waals surface area contributed by atoms with Gasteiger partial charge in [0.25, 0.3) is 0 Å². The van der Waals surface area contributed by atoms with Gasteiger partial charge in [-0.1, -0.05) is 57.5 Å². The van der Waals surface area contributed by atoms with Crippen molar-refractivity contribution in [2.45, 2.75) is 46.1 Å². The van der Waals surface area contributed by atoms with E-state index in [9.17, 15) is 9.90 Å². The molecule has 1 aliphatic carbocycles. The number of benzene rings is 1. The Bertz CT molecular complexity index is 467. The molecule has 1 fully saturated rings. The smallest absolute Gasteiger partial charge is 0.309 e. The molecule has 1 aromatic rings. The van der Waals surface area contributed by atoms with Crippen molar-refractivity contribution in [3.05, 3.63) is 35.9 Å². The van der Waals surface area contributed by atoms with Gasteiger partial charge in [-0.2, -0.15) is 0 Å². The van der Waals surface area contributed by atoms with Gasteiger partial charge in [-0.25, -0.2) is 0 Å². The van der Waals surface area contributed by atoms with E-state index in [2.05, 4.69) is 20.8 Å². The molecule has 21 heavy (non-hydrogen) atoms. The highest BCUT2D eigenvalue weighted by Gasteiger charge is 2.42. The zero-order valence-corrected chi connectivity index (χ0v) is 13.2. The molecule has 1 saturated carbocycles. The molecule has 0 heterocycles. The molecular formula is C18H26O3. The number of carbonyl (C=O) groups excluding carboxylic acids is 1. The van der Waals surface area contributed by atoms with Gasteiger partial charge in [0.2, 0.25) is 0 Å². The summed E-state index contributed by atoms with van der Waals surface area (Å²) in [4.78, 5) is 12.4. The number of esters is 1. The first-order valence-electron chi connectivity index (χ1n) is 7.81. The monoisotopic (exact) mass is 290 g/mol. The van der Waals surface area contributed by atoms with Crippen molar-refractivity contribution in [2.75, 3.05) is 6.61 Å². The molecule has 1 aliphatic rings. The summed E-state index contributed by atoms with van der Waals surface area (Å²) in [5, 5.41) is 10.1. The SMILES string of the molecule is C[C@H]1CCCC(C)(C)C1C(=O)OC[C@H](O)c1ccccc1. The van der Waals surface area contributed by atoms with E-state index in [0.29, 0.717) is 5.92 Å². The van der Waals surface area contributed by atoms with E-state index in [-0.39, 0.29) is 23.9 Å². The summed E-state index contributed by atoms with van der Waals surface area (Å²) in [6.07, 6.45) is 2.55. The van der Waals surface area contributed by atoms with Crippen LogP contribution in [-0.4, -0.2) is 17.7 Å². The van der Waals surface area contributed by atoms with E-state index >= 15 is 0 Å². The van der Waals surface area contributed by atoms with Crippen LogP contribution in [0.5, 0.6) is 0 Å². The highest BCUT2D eigenvalue weighted by Crippen LogP contribution is 2.44. The average Bonchev–Trinajstić information content (AvgIpc) is 2.44. The lowest BCUT2D eigenvalue weighted by molar-refractivity contribution is -0.160. The molecule has 0 spiro atoms. The predicted molar refractivity (Wildman–Crippen MR) is 82.6 cm³/mol. The molecule has 3 heteroatoms. The Morgan fingerprint density at radius 2 is 2.05 bits per heavy atom. The number of ether oxygens (including phenoxy) is 1. The third kappa shape index (κ3) is 3.85. The van der Waals surface area contributed by atoms with Gasteiger partial charge in [0.05, 0.1) is 5.92 Å². The van der Waals surface area contributed by atoms with Crippen molar-refractivity contribution in [1.82, 2.24) is 0 Å². The highest BCUT2D eigenvalue weighted by atomic mass is 16.5. The Labute approximate surface area is 127 Å². The number of aliphatic hydroxyl groups is 1. The fourth-order valence-corrected chi connectivity index (χ4v) is 3.55. The number of carbonyl (C=O) groups is 1. The van der Waals surface area contributed by atoms with E-state index in [0.717, 1.165) is 18.4 Å². The summed E-state index contributed by atoms with van der Waals surface area (Å²) in [5.74, 6) is 0.103. The maximum Gasteiger partial charge on any atom is 0.309 e. The number of aliphatic hydroxyl groups excluding tert-OH is 1. The molecule has 0 aliphatic heterocycles. The Hall–Kier alpha value is -1.35.